The van der Waals surface area contributed by atoms with Crippen molar-refractivity contribution < 1.29 is 18.7 Å². The number of halogens is 1. The fourth-order valence-corrected chi connectivity index (χ4v) is 3.00. The van der Waals surface area contributed by atoms with Gasteiger partial charge in [0.15, 0.2) is 0 Å². The minimum Gasteiger partial charge on any atom is -0.472 e. The maximum atomic E-state index is 13.0. The highest BCUT2D eigenvalue weighted by Gasteiger charge is 2.29. The molecule has 2 aliphatic heterocycles. The summed E-state index contributed by atoms with van der Waals surface area (Å²) in [6, 6.07) is 4.49. The van der Waals surface area contributed by atoms with Crippen LogP contribution in [0.15, 0.2) is 18.2 Å². The number of amides is 1. The van der Waals surface area contributed by atoms with Crippen molar-refractivity contribution in [3.63, 3.8) is 0 Å². The van der Waals surface area contributed by atoms with E-state index in [1.54, 1.807) is 12.1 Å². The van der Waals surface area contributed by atoms with Gasteiger partial charge in [-0.15, -0.1) is 0 Å². The number of nitrogens with zero attached hydrogens (tertiary/aromatic N) is 2. The fourth-order valence-electron chi connectivity index (χ4n) is 3.00. The van der Waals surface area contributed by atoms with Crippen LogP contribution >= 0.6 is 0 Å². The van der Waals surface area contributed by atoms with E-state index in [2.05, 4.69) is 4.98 Å². The first-order valence-corrected chi connectivity index (χ1v) is 7.85. The number of pyridine rings is 1. The SMILES string of the molecule is O=C(CC1CCOCC1)N1CCC(Oc2cccc(F)n2)C1. The van der Waals surface area contributed by atoms with E-state index in [1.807, 2.05) is 4.90 Å². The van der Waals surface area contributed by atoms with Crippen LogP contribution in [0.5, 0.6) is 5.88 Å². The van der Waals surface area contributed by atoms with Gasteiger partial charge in [0.1, 0.15) is 6.10 Å². The van der Waals surface area contributed by atoms with Crippen molar-refractivity contribution in [2.45, 2.75) is 31.8 Å². The molecule has 3 heterocycles. The number of hydrogen-bond acceptors (Lipinski definition) is 4. The summed E-state index contributed by atoms with van der Waals surface area (Å²) in [5.74, 6) is 0.350. The van der Waals surface area contributed by atoms with Crippen LogP contribution < -0.4 is 4.74 Å². The highest BCUT2D eigenvalue weighted by Crippen LogP contribution is 2.22. The molecule has 1 aromatic rings. The molecule has 6 heteroatoms. The third kappa shape index (κ3) is 3.94. The molecular formula is C16H21FN2O3. The minimum absolute atomic E-state index is 0.104. The molecule has 0 saturated carbocycles. The molecule has 0 spiro atoms. The van der Waals surface area contributed by atoms with Crippen molar-refractivity contribution in [3.8, 4) is 5.88 Å². The minimum atomic E-state index is -0.553. The average molecular weight is 308 g/mol. The Balaban J connectivity index is 1.48. The molecule has 1 atom stereocenters. The first kappa shape index (κ1) is 15.2. The van der Waals surface area contributed by atoms with Crippen LogP contribution in [0.3, 0.4) is 0 Å². The Morgan fingerprint density at radius 3 is 2.95 bits per heavy atom. The average Bonchev–Trinajstić information content (AvgIpc) is 2.97. The lowest BCUT2D eigenvalue weighted by Gasteiger charge is -2.24. The number of carbonyl (C=O) groups excluding carboxylic acids is 1. The van der Waals surface area contributed by atoms with Gasteiger partial charge < -0.3 is 14.4 Å². The maximum Gasteiger partial charge on any atom is 0.222 e. The standard InChI is InChI=1S/C16H21FN2O3/c17-14-2-1-3-15(18-14)22-13-4-7-19(11-13)16(20)10-12-5-8-21-9-6-12/h1-3,12-13H,4-11H2. The molecule has 1 unspecified atom stereocenters. The van der Waals surface area contributed by atoms with E-state index in [0.717, 1.165) is 32.5 Å². The van der Waals surface area contributed by atoms with Crippen molar-refractivity contribution in [1.82, 2.24) is 9.88 Å². The number of rotatable bonds is 4. The Morgan fingerprint density at radius 2 is 2.18 bits per heavy atom. The van der Waals surface area contributed by atoms with Crippen molar-refractivity contribution in [2.24, 2.45) is 5.92 Å². The van der Waals surface area contributed by atoms with Crippen molar-refractivity contribution in [3.05, 3.63) is 24.1 Å². The molecule has 0 N–H and O–H groups in total. The molecule has 120 valence electrons. The Bertz CT molecular complexity index is 520. The molecule has 0 aliphatic carbocycles. The van der Waals surface area contributed by atoms with E-state index < -0.39 is 5.95 Å². The van der Waals surface area contributed by atoms with Gasteiger partial charge in [0.05, 0.1) is 6.54 Å². The Kier molecular flexibility index (Phi) is 4.87. The van der Waals surface area contributed by atoms with Crippen LogP contribution in [0, 0.1) is 11.9 Å². The first-order valence-electron chi connectivity index (χ1n) is 7.85. The summed E-state index contributed by atoms with van der Waals surface area (Å²) in [6.45, 7) is 2.77. The molecule has 5 nitrogen and oxygen atoms in total. The molecular weight excluding hydrogens is 287 g/mol. The molecule has 1 aromatic heterocycles. The number of aromatic nitrogens is 1. The summed E-state index contributed by atoms with van der Waals surface area (Å²) in [5.41, 5.74) is 0. The lowest BCUT2D eigenvalue weighted by molar-refractivity contribution is -0.132. The summed E-state index contributed by atoms with van der Waals surface area (Å²) in [5, 5.41) is 0. The molecule has 2 saturated heterocycles. The largest absolute Gasteiger partial charge is 0.472 e. The Hall–Kier alpha value is -1.69. The van der Waals surface area contributed by atoms with Gasteiger partial charge in [0.2, 0.25) is 17.7 Å². The molecule has 1 amide bonds. The summed E-state index contributed by atoms with van der Waals surface area (Å²) >= 11 is 0. The molecule has 0 radical (unpaired) electrons. The molecule has 3 rings (SSSR count). The van der Waals surface area contributed by atoms with Crippen molar-refractivity contribution in [1.29, 1.82) is 0 Å². The Labute approximate surface area is 129 Å². The van der Waals surface area contributed by atoms with E-state index in [0.29, 0.717) is 25.4 Å². The summed E-state index contributed by atoms with van der Waals surface area (Å²) in [4.78, 5) is 17.9. The number of carbonyl (C=O) groups is 1. The van der Waals surface area contributed by atoms with Crippen molar-refractivity contribution >= 4 is 5.91 Å². The van der Waals surface area contributed by atoms with Crippen LogP contribution in [-0.4, -0.2) is 48.2 Å². The second-order valence-corrected chi connectivity index (χ2v) is 5.93. The predicted octanol–water partition coefficient (Wildman–Crippen LogP) is 2.02. The normalized spacial score (nSPS) is 22.8. The number of likely N-dealkylation sites (tertiary alicyclic amines) is 1. The summed E-state index contributed by atoms with van der Waals surface area (Å²) in [6.07, 6.45) is 3.18. The summed E-state index contributed by atoms with van der Waals surface area (Å²) < 4.78 is 24.0. The third-order valence-corrected chi connectivity index (χ3v) is 4.28. The van der Waals surface area contributed by atoms with Crippen LogP contribution in [0.25, 0.3) is 0 Å². The predicted molar refractivity (Wildman–Crippen MR) is 78.0 cm³/mol. The van der Waals surface area contributed by atoms with Gasteiger partial charge >= 0.3 is 0 Å². The van der Waals surface area contributed by atoms with Crippen LogP contribution in [0.4, 0.5) is 4.39 Å². The molecule has 2 fully saturated rings. The van der Waals surface area contributed by atoms with Crippen LogP contribution in [0.1, 0.15) is 25.7 Å². The number of hydrogen-bond donors (Lipinski definition) is 0. The highest BCUT2D eigenvalue weighted by atomic mass is 19.1. The highest BCUT2D eigenvalue weighted by molar-refractivity contribution is 5.76. The van der Waals surface area contributed by atoms with E-state index in [1.165, 1.54) is 6.07 Å². The zero-order chi connectivity index (χ0) is 15.4. The lowest BCUT2D eigenvalue weighted by Crippen LogP contribution is -2.33. The van der Waals surface area contributed by atoms with Gasteiger partial charge in [-0.05, 0) is 24.8 Å². The van der Waals surface area contributed by atoms with E-state index in [-0.39, 0.29) is 17.9 Å². The molecule has 0 bridgehead atoms. The zero-order valence-corrected chi connectivity index (χ0v) is 12.5. The van der Waals surface area contributed by atoms with Gasteiger partial charge in [0, 0.05) is 38.7 Å². The van der Waals surface area contributed by atoms with Crippen molar-refractivity contribution in [2.75, 3.05) is 26.3 Å². The molecule has 2 aliphatic rings. The fraction of sp³-hybridized carbons (Fsp3) is 0.625. The zero-order valence-electron chi connectivity index (χ0n) is 12.5. The molecule has 0 aromatic carbocycles. The Morgan fingerprint density at radius 1 is 1.36 bits per heavy atom. The van der Waals surface area contributed by atoms with E-state index in [4.69, 9.17) is 9.47 Å². The van der Waals surface area contributed by atoms with Gasteiger partial charge in [-0.3, -0.25) is 4.79 Å². The van der Waals surface area contributed by atoms with E-state index in [9.17, 15) is 9.18 Å². The van der Waals surface area contributed by atoms with Gasteiger partial charge in [-0.1, -0.05) is 6.07 Å². The lowest BCUT2D eigenvalue weighted by atomic mass is 9.96. The summed E-state index contributed by atoms with van der Waals surface area (Å²) in [7, 11) is 0. The van der Waals surface area contributed by atoms with Gasteiger partial charge in [0.25, 0.3) is 0 Å². The first-order chi connectivity index (χ1) is 10.7. The number of ether oxygens (including phenoxy) is 2. The van der Waals surface area contributed by atoms with E-state index >= 15 is 0 Å². The second kappa shape index (κ2) is 7.05. The smallest absolute Gasteiger partial charge is 0.222 e. The van der Waals surface area contributed by atoms with Gasteiger partial charge in [-0.25, -0.2) is 0 Å². The topological polar surface area (TPSA) is 51.7 Å². The second-order valence-electron chi connectivity index (χ2n) is 5.93. The monoisotopic (exact) mass is 308 g/mol. The van der Waals surface area contributed by atoms with Gasteiger partial charge in [-0.2, -0.15) is 9.37 Å². The van der Waals surface area contributed by atoms with Crippen LogP contribution in [0.2, 0.25) is 0 Å². The quantitative estimate of drug-likeness (QED) is 0.799. The van der Waals surface area contributed by atoms with Crippen LogP contribution in [-0.2, 0) is 9.53 Å². The third-order valence-electron chi connectivity index (χ3n) is 4.28. The molecule has 22 heavy (non-hydrogen) atoms. The maximum absolute atomic E-state index is 13.0.